The summed E-state index contributed by atoms with van der Waals surface area (Å²) in [5.74, 6) is -0.508. The molecule has 0 aliphatic heterocycles. The zero-order valence-electron chi connectivity index (χ0n) is 19.6. The van der Waals surface area contributed by atoms with E-state index < -0.39 is 11.7 Å². The highest BCUT2D eigenvalue weighted by atomic mass is 16.6. The van der Waals surface area contributed by atoms with Crippen molar-refractivity contribution in [3.63, 3.8) is 0 Å². The van der Waals surface area contributed by atoms with Gasteiger partial charge in [-0.25, -0.2) is 9.69 Å². The SMILES string of the molecule is N#CC(CCc1ccccc1)(OC(=O)c1ccccc1)N(Cc1ccccc1)Cc1ccccc1. The molecular formula is C31H28N2O2. The molecule has 0 spiro atoms. The normalized spacial score (nSPS) is 12.5. The van der Waals surface area contributed by atoms with Crippen LogP contribution in [0.4, 0.5) is 0 Å². The van der Waals surface area contributed by atoms with E-state index in [1.54, 1.807) is 24.3 Å². The Morgan fingerprint density at radius 1 is 0.686 bits per heavy atom. The average molecular weight is 461 g/mol. The van der Waals surface area contributed by atoms with Gasteiger partial charge in [0.15, 0.2) is 0 Å². The summed E-state index contributed by atoms with van der Waals surface area (Å²) in [5, 5.41) is 10.6. The van der Waals surface area contributed by atoms with Gasteiger partial charge in [-0.1, -0.05) is 109 Å². The van der Waals surface area contributed by atoms with Crippen LogP contribution in [-0.2, 0) is 24.2 Å². The number of esters is 1. The van der Waals surface area contributed by atoms with E-state index in [1.807, 2.05) is 102 Å². The first-order valence-electron chi connectivity index (χ1n) is 11.7. The van der Waals surface area contributed by atoms with Crippen molar-refractivity contribution in [2.45, 2.75) is 31.7 Å². The van der Waals surface area contributed by atoms with Gasteiger partial charge < -0.3 is 4.74 Å². The van der Waals surface area contributed by atoms with Crippen molar-refractivity contribution in [3.05, 3.63) is 144 Å². The first-order chi connectivity index (χ1) is 17.2. The van der Waals surface area contributed by atoms with Crippen molar-refractivity contribution in [3.8, 4) is 6.07 Å². The molecule has 4 nitrogen and oxygen atoms in total. The van der Waals surface area contributed by atoms with Crippen LogP contribution in [0, 0.1) is 11.3 Å². The van der Waals surface area contributed by atoms with Crippen molar-refractivity contribution >= 4 is 5.97 Å². The second-order valence-electron chi connectivity index (χ2n) is 8.46. The molecule has 4 aromatic carbocycles. The summed E-state index contributed by atoms with van der Waals surface area (Å²) in [6.07, 6.45) is 0.933. The number of ether oxygens (including phenoxy) is 1. The third kappa shape index (κ3) is 6.44. The first kappa shape index (κ1) is 23.9. The number of carbonyl (C=O) groups excluding carboxylic acids is 1. The lowest BCUT2D eigenvalue weighted by Gasteiger charge is -2.38. The molecule has 0 amide bonds. The topological polar surface area (TPSA) is 53.3 Å². The Morgan fingerprint density at radius 2 is 1.11 bits per heavy atom. The Balaban J connectivity index is 1.72. The Morgan fingerprint density at radius 3 is 1.57 bits per heavy atom. The summed E-state index contributed by atoms with van der Waals surface area (Å²) in [6.45, 7) is 0.917. The largest absolute Gasteiger partial charge is 0.426 e. The third-order valence-electron chi connectivity index (χ3n) is 5.98. The van der Waals surface area contributed by atoms with Crippen LogP contribution in [0.1, 0.15) is 33.5 Å². The van der Waals surface area contributed by atoms with E-state index in [0.717, 1.165) is 16.7 Å². The molecule has 0 aromatic heterocycles. The lowest BCUT2D eigenvalue weighted by Crippen LogP contribution is -2.50. The van der Waals surface area contributed by atoms with E-state index in [4.69, 9.17) is 4.74 Å². The monoisotopic (exact) mass is 460 g/mol. The molecule has 0 aliphatic rings. The van der Waals surface area contributed by atoms with Crippen LogP contribution in [0.25, 0.3) is 0 Å². The Kier molecular flexibility index (Phi) is 8.06. The van der Waals surface area contributed by atoms with E-state index >= 15 is 0 Å². The number of rotatable bonds is 10. The predicted octanol–water partition coefficient (Wildman–Crippen LogP) is 6.40. The zero-order chi connectivity index (χ0) is 24.3. The maximum Gasteiger partial charge on any atom is 0.340 e. The zero-order valence-corrected chi connectivity index (χ0v) is 19.6. The second-order valence-corrected chi connectivity index (χ2v) is 8.46. The van der Waals surface area contributed by atoms with Crippen LogP contribution in [0.5, 0.6) is 0 Å². The lowest BCUT2D eigenvalue weighted by atomic mass is 9.99. The van der Waals surface area contributed by atoms with Gasteiger partial charge in [0.1, 0.15) is 6.07 Å². The van der Waals surface area contributed by atoms with Crippen LogP contribution < -0.4 is 0 Å². The van der Waals surface area contributed by atoms with Crippen LogP contribution in [0.2, 0.25) is 0 Å². The molecule has 4 heteroatoms. The van der Waals surface area contributed by atoms with Crippen molar-refractivity contribution in [1.29, 1.82) is 5.26 Å². The number of carbonyl (C=O) groups is 1. The fourth-order valence-corrected chi connectivity index (χ4v) is 4.09. The maximum absolute atomic E-state index is 13.2. The Bertz CT molecular complexity index is 1200. The minimum absolute atomic E-state index is 0.339. The van der Waals surface area contributed by atoms with Crippen LogP contribution in [-0.4, -0.2) is 16.6 Å². The minimum atomic E-state index is -1.46. The number of benzene rings is 4. The predicted molar refractivity (Wildman–Crippen MR) is 137 cm³/mol. The maximum atomic E-state index is 13.2. The molecule has 35 heavy (non-hydrogen) atoms. The molecule has 0 heterocycles. The van der Waals surface area contributed by atoms with Crippen molar-refractivity contribution in [1.82, 2.24) is 4.90 Å². The molecule has 0 aliphatic carbocycles. The highest BCUT2D eigenvalue weighted by Gasteiger charge is 2.41. The van der Waals surface area contributed by atoms with E-state index in [-0.39, 0.29) is 0 Å². The highest BCUT2D eigenvalue weighted by molar-refractivity contribution is 5.89. The van der Waals surface area contributed by atoms with E-state index in [2.05, 4.69) is 6.07 Å². The average Bonchev–Trinajstić information content (AvgIpc) is 2.93. The van der Waals surface area contributed by atoms with Crippen molar-refractivity contribution < 1.29 is 9.53 Å². The molecule has 0 fully saturated rings. The fourth-order valence-electron chi connectivity index (χ4n) is 4.09. The van der Waals surface area contributed by atoms with Crippen molar-refractivity contribution in [2.75, 3.05) is 0 Å². The summed E-state index contributed by atoms with van der Waals surface area (Å²) < 4.78 is 6.13. The Labute approximate surface area is 207 Å². The number of aryl methyl sites for hydroxylation is 1. The summed E-state index contributed by atoms with van der Waals surface area (Å²) in [6, 6.07) is 41.2. The van der Waals surface area contributed by atoms with E-state index in [0.29, 0.717) is 31.5 Å². The number of hydrogen-bond acceptors (Lipinski definition) is 4. The van der Waals surface area contributed by atoms with Gasteiger partial charge in [0.25, 0.3) is 5.72 Å². The summed E-state index contributed by atoms with van der Waals surface area (Å²) in [5.41, 5.74) is 2.12. The number of hydrogen-bond donors (Lipinski definition) is 0. The molecular weight excluding hydrogens is 432 g/mol. The first-order valence-corrected chi connectivity index (χ1v) is 11.7. The van der Waals surface area contributed by atoms with Gasteiger partial charge in [-0.3, -0.25) is 0 Å². The van der Waals surface area contributed by atoms with Crippen molar-refractivity contribution in [2.24, 2.45) is 0 Å². The standard InChI is InChI=1S/C31H28N2O2/c32-25-31(22-21-26-13-5-1-6-14-26,35-30(34)29-19-11-4-12-20-29)33(23-27-15-7-2-8-16-27)24-28-17-9-3-10-18-28/h1-20H,21-24H2. The fraction of sp³-hybridized carbons (Fsp3) is 0.161. The molecule has 4 rings (SSSR count). The minimum Gasteiger partial charge on any atom is -0.426 e. The van der Waals surface area contributed by atoms with Gasteiger partial charge in [0.2, 0.25) is 0 Å². The number of nitrogens with zero attached hydrogens (tertiary/aromatic N) is 2. The second kappa shape index (κ2) is 11.8. The molecule has 174 valence electrons. The highest BCUT2D eigenvalue weighted by Crippen LogP contribution is 2.29. The van der Waals surface area contributed by atoms with Gasteiger partial charge in [-0.2, -0.15) is 5.26 Å². The van der Waals surface area contributed by atoms with E-state index in [9.17, 15) is 10.1 Å². The molecule has 0 radical (unpaired) electrons. The van der Waals surface area contributed by atoms with Crippen LogP contribution in [0.3, 0.4) is 0 Å². The van der Waals surface area contributed by atoms with Gasteiger partial charge in [0.05, 0.1) is 5.56 Å². The molecule has 1 atom stereocenters. The quantitative estimate of drug-likeness (QED) is 0.203. The van der Waals surface area contributed by atoms with Crippen LogP contribution >= 0.6 is 0 Å². The molecule has 1 unspecified atom stereocenters. The van der Waals surface area contributed by atoms with Crippen LogP contribution in [0.15, 0.2) is 121 Å². The van der Waals surface area contributed by atoms with Gasteiger partial charge in [-0.15, -0.1) is 0 Å². The van der Waals surface area contributed by atoms with Gasteiger partial charge in [-0.05, 0) is 35.2 Å². The Hall–Kier alpha value is -4.20. The van der Waals surface area contributed by atoms with Gasteiger partial charge >= 0.3 is 5.97 Å². The van der Waals surface area contributed by atoms with E-state index in [1.165, 1.54) is 0 Å². The smallest absolute Gasteiger partial charge is 0.340 e. The number of nitriles is 1. The molecule has 0 bridgehead atoms. The summed E-state index contributed by atoms with van der Waals surface area (Å²) >= 11 is 0. The molecule has 0 N–H and O–H groups in total. The lowest BCUT2D eigenvalue weighted by molar-refractivity contribution is -0.0941. The summed E-state index contributed by atoms with van der Waals surface area (Å²) in [7, 11) is 0. The summed E-state index contributed by atoms with van der Waals surface area (Å²) in [4.78, 5) is 15.2. The third-order valence-corrected chi connectivity index (χ3v) is 5.98. The molecule has 0 saturated carbocycles. The molecule has 4 aromatic rings. The molecule has 0 saturated heterocycles. The van der Waals surface area contributed by atoms with Gasteiger partial charge in [0, 0.05) is 19.5 Å².